The van der Waals surface area contributed by atoms with E-state index in [0.717, 1.165) is 12.8 Å². The summed E-state index contributed by atoms with van der Waals surface area (Å²) in [6.07, 6.45) is 1.37. The van der Waals surface area contributed by atoms with Crippen molar-refractivity contribution in [3.8, 4) is 0 Å². The molecule has 0 bridgehead atoms. The Morgan fingerprint density at radius 3 is 2.81 bits per heavy atom. The molecule has 4 nitrogen and oxygen atoms in total. The van der Waals surface area contributed by atoms with Gasteiger partial charge in [-0.3, -0.25) is 10.1 Å². The van der Waals surface area contributed by atoms with Crippen LogP contribution in [0.25, 0.3) is 0 Å². The fourth-order valence-electron chi connectivity index (χ4n) is 1.63. The number of aliphatic hydroxyl groups excluding tert-OH is 1. The first-order valence-electron chi connectivity index (χ1n) is 5.28. The molecular formula is C11H14BNO3. The predicted molar refractivity (Wildman–Crippen MR) is 63.0 cm³/mol. The first kappa shape index (κ1) is 12.7. The fraction of sp³-hybridized carbons (Fsp3) is 0.455. The van der Waals surface area contributed by atoms with Crippen LogP contribution in [0, 0.1) is 10.1 Å². The molecule has 0 aliphatic heterocycles. The van der Waals surface area contributed by atoms with Crippen LogP contribution in [0.4, 0.5) is 5.69 Å². The molecule has 0 spiro atoms. The van der Waals surface area contributed by atoms with Gasteiger partial charge in [-0.15, -0.1) is 0 Å². The van der Waals surface area contributed by atoms with E-state index in [1.807, 2.05) is 6.92 Å². The van der Waals surface area contributed by atoms with Crippen molar-refractivity contribution in [3.05, 3.63) is 33.9 Å². The Bertz CT molecular complexity index is 381. The highest BCUT2D eigenvalue weighted by Gasteiger charge is 2.21. The van der Waals surface area contributed by atoms with Crippen LogP contribution in [0.1, 0.15) is 37.9 Å². The molecule has 84 valence electrons. The number of unbranched alkanes of at least 4 members (excludes halogenated alkanes) is 1. The van der Waals surface area contributed by atoms with Crippen LogP contribution in [0.15, 0.2) is 18.2 Å². The molecule has 1 N–H and O–H groups in total. The molecule has 1 unspecified atom stereocenters. The van der Waals surface area contributed by atoms with Crippen LogP contribution in [0.5, 0.6) is 0 Å². The van der Waals surface area contributed by atoms with Crippen molar-refractivity contribution in [3.63, 3.8) is 0 Å². The molecule has 0 fully saturated rings. The van der Waals surface area contributed by atoms with Gasteiger partial charge in [0.1, 0.15) is 7.85 Å². The quantitative estimate of drug-likeness (QED) is 0.464. The van der Waals surface area contributed by atoms with Gasteiger partial charge in [-0.1, -0.05) is 37.4 Å². The molecule has 0 amide bonds. The maximum Gasteiger partial charge on any atom is 0.274 e. The summed E-state index contributed by atoms with van der Waals surface area (Å²) in [6.45, 7) is 2.00. The minimum Gasteiger partial charge on any atom is -0.388 e. The van der Waals surface area contributed by atoms with Crippen LogP contribution in [0.3, 0.4) is 0 Å². The molecule has 1 atom stereocenters. The van der Waals surface area contributed by atoms with Crippen molar-refractivity contribution in [1.82, 2.24) is 0 Å². The summed E-state index contributed by atoms with van der Waals surface area (Å²) in [7, 11) is 5.67. The summed E-state index contributed by atoms with van der Waals surface area (Å²) >= 11 is 0. The molecule has 2 radical (unpaired) electrons. The maximum absolute atomic E-state index is 10.8. The topological polar surface area (TPSA) is 63.4 Å². The van der Waals surface area contributed by atoms with Crippen LogP contribution in [-0.4, -0.2) is 17.9 Å². The summed E-state index contributed by atoms with van der Waals surface area (Å²) in [6, 6.07) is 4.45. The lowest BCUT2D eigenvalue weighted by Gasteiger charge is -2.13. The van der Waals surface area contributed by atoms with Crippen molar-refractivity contribution in [2.45, 2.75) is 32.3 Å². The molecule has 0 saturated carbocycles. The normalized spacial score (nSPS) is 12.4. The standard InChI is InChI=1S/C11H14BNO3/c1-2-3-7-10(14)11-8(12)5-4-6-9(11)13(15)16/h4-6,10,14H,2-3,7H2,1H3. The number of hydrogen-bond acceptors (Lipinski definition) is 3. The number of nitrogens with zero attached hydrogens (tertiary/aromatic N) is 1. The minimum absolute atomic E-state index is 0.108. The van der Waals surface area contributed by atoms with Gasteiger partial charge < -0.3 is 5.11 Å². The van der Waals surface area contributed by atoms with Crippen LogP contribution in [-0.2, 0) is 0 Å². The third kappa shape index (κ3) is 2.82. The highest BCUT2D eigenvalue weighted by Crippen LogP contribution is 2.26. The Labute approximate surface area is 95.9 Å². The Morgan fingerprint density at radius 1 is 1.56 bits per heavy atom. The van der Waals surface area contributed by atoms with Crippen molar-refractivity contribution in [1.29, 1.82) is 0 Å². The van der Waals surface area contributed by atoms with Crippen LogP contribution in [0.2, 0.25) is 0 Å². The Kier molecular flexibility index (Phi) is 4.49. The Balaban J connectivity index is 3.04. The SMILES string of the molecule is [B]c1cccc([N+](=O)[O-])c1C(O)CCCC. The van der Waals surface area contributed by atoms with E-state index in [1.54, 1.807) is 6.07 Å². The van der Waals surface area contributed by atoms with Crippen molar-refractivity contribution >= 4 is 19.0 Å². The van der Waals surface area contributed by atoms with Gasteiger partial charge in [0.05, 0.1) is 16.6 Å². The lowest BCUT2D eigenvalue weighted by atomic mass is 9.85. The first-order chi connectivity index (χ1) is 7.57. The second-order valence-corrected chi connectivity index (χ2v) is 3.70. The van der Waals surface area contributed by atoms with Crippen molar-refractivity contribution in [2.75, 3.05) is 0 Å². The van der Waals surface area contributed by atoms with Crippen molar-refractivity contribution in [2.24, 2.45) is 0 Å². The molecular weight excluding hydrogens is 205 g/mol. The predicted octanol–water partition coefficient (Wildman–Crippen LogP) is 1.61. The van der Waals surface area contributed by atoms with E-state index in [-0.39, 0.29) is 16.7 Å². The number of benzene rings is 1. The largest absolute Gasteiger partial charge is 0.388 e. The summed E-state index contributed by atoms with van der Waals surface area (Å²) in [5.74, 6) is 0. The Morgan fingerprint density at radius 2 is 2.25 bits per heavy atom. The summed E-state index contributed by atoms with van der Waals surface area (Å²) in [5, 5.41) is 20.7. The molecule has 0 saturated heterocycles. The van der Waals surface area contributed by atoms with Gasteiger partial charge in [-0.05, 0) is 6.42 Å². The summed E-state index contributed by atoms with van der Waals surface area (Å²) in [4.78, 5) is 10.3. The lowest BCUT2D eigenvalue weighted by molar-refractivity contribution is -0.386. The van der Waals surface area contributed by atoms with E-state index >= 15 is 0 Å². The fourth-order valence-corrected chi connectivity index (χ4v) is 1.63. The van der Waals surface area contributed by atoms with Gasteiger partial charge >= 0.3 is 0 Å². The van der Waals surface area contributed by atoms with E-state index < -0.39 is 11.0 Å². The molecule has 0 heterocycles. The monoisotopic (exact) mass is 219 g/mol. The van der Waals surface area contributed by atoms with E-state index in [0.29, 0.717) is 6.42 Å². The minimum atomic E-state index is -0.860. The van der Waals surface area contributed by atoms with Gasteiger partial charge in [0.15, 0.2) is 0 Å². The zero-order chi connectivity index (χ0) is 12.1. The average molecular weight is 219 g/mol. The molecule has 1 aromatic rings. The highest BCUT2D eigenvalue weighted by molar-refractivity contribution is 6.33. The van der Waals surface area contributed by atoms with E-state index in [4.69, 9.17) is 7.85 Å². The molecule has 16 heavy (non-hydrogen) atoms. The van der Waals surface area contributed by atoms with E-state index in [2.05, 4.69) is 0 Å². The zero-order valence-electron chi connectivity index (χ0n) is 9.22. The summed E-state index contributed by atoms with van der Waals surface area (Å²) in [5.41, 5.74) is 0.405. The smallest absolute Gasteiger partial charge is 0.274 e. The Hall–Kier alpha value is -1.36. The second kappa shape index (κ2) is 5.65. The number of nitro benzene ring substituents is 1. The van der Waals surface area contributed by atoms with Gasteiger partial charge in [-0.2, -0.15) is 0 Å². The average Bonchev–Trinajstić information content (AvgIpc) is 2.25. The molecule has 0 aliphatic carbocycles. The molecule has 1 aromatic carbocycles. The first-order valence-corrected chi connectivity index (χ1v) is 5.28. The van der Waals surface area contributed by atoms with Gasteiger partial charge in [0.2, 0.25) is 0 Å². The van der Waals surface area contributed by atoms with Crippen LogP contribution < -0.4 is 5.46 Å². The summed E-state index contributed by atoms with van der Waals surface area (Å²) < 4.78 is 0. The van der Waals surface area contributed by atoms with Crippen LogP contribution >= 0.6 is 0 Å². The third-order valence-electron chi connectivity index (χ3n) is 2.48. The number of nitro groups is 1. The van der Waals surface area contributed by atoms with Gasteiger partial charge in [0.25, 0.3) is 5.69 Å². The van der Waals surface area contributed by atoms with Gasteiger partial charge in [-0.25, -0.2) is 0 Å². The zero-order valence-corrected chi connectivity index (χ0v) is 9.22. The van der Waals surface area contributed by atoms with Gasteiger partial charge in [0, 0.05) is 6.07 Å². The number of aliphatic hydroxyl groups is 1. The van der Waals surface area contributed by atoms with E-state index in [1.165, 1.54) is 12.1 Å². The third-order valence-corrected chi connectivity index (χ3v) is 2.48. The number of rotatable bonds is 5. The molecule has 5 heteroatoms. The van der Waals surface area contributed by atoms with E-state index in [9.17, 15) is 15.2 Å². The molecule has 1 rings (SSSR count). The van der Waals surface area contributed by atoms with Crippen molar-refractivity contribution < 1.29 is 10.0 Å². The second-order valence-electron chi connectivity index (χ2n) is 3.70. The number of hydrogen-bond donors (Lipinski definition) is 1. The maximum atomic E-state index is 10.8. The molecule has 0 aromatic heterocycles. The molecule has 0 aliphatic rings. The highest BCUT2D eigenvalue weighted by atomic mass is 16.6. The lowest BCUT2D eigenvalue weighted by Crippen LogP contribution is -2.16.